The Morgan fingerprint density at radius 1 is 1.35 bits per heavy atom. The zero-order chi connectivity index (χ0) is 14.8. The van der Waals surface area contributed by atoms with Gasteiger partial charge in [0, 0.05) is 0 Å². The van der Waals surface area contributed by atoms with Crippen LogP contribution in [0, 0.1) is 11.3 Å². The quantitative estimate of drug-likeness (QED) is 0.887. The molecule has 1 fully saturated rings. The van der Waals surface area contributed by atoms with Crippen molar-refractivity contribution in [1.82, 2.24) is 0 Å². The zero-order valence-electron chi connectivity index (χ0n) is 13.4. The lowest BCUT2D eigenvalue weighted by atomic mass is 9.65. The van der Waals surface area contributed by atoms with E-state index in [0.29, 0.717) is 17.3 Å². The maximum absolute atomic E-state index is 6.01. The molecular formula is C18H29NO. The molecule has 1 saturated carbocycles. The third kappa shape index (κ3) is 3.76. The highest BCUT2D eigenvalue weighted by atomic mass is 16.5. The van der Waals surface area contributed by atoms with Gasteiger partial charge in [0.1, 0.15) is 5.75 Å². The summed E-state index contributed by atoms with van der Waals surface area (Å²) >= 11 is 0. The Morgan fingerprint density at radius 3 is 2.75 bits per heavy atom. The number of ether oxygens (including phenoxy) is 1. The van der Waals surface area contributed by atoms with Crippen molar-refractivity contribution < 1.29 is 4.74 Å². The molecule has 0 aliphatic heterocycles. The highest BCUT2D eigenvalue weighted by Gasteiger charge is 2.35. The average Bonchev–Trinajstić information content (AvgIpc) is 2.37. The summed E-state index contributed by atoms with van der Waals surface area (Å²) in [5.41, 5.74) is 7.82. The van der Waals surface area contributed by atoms with Crippen LogP contribution in [0.2, 0.25) is 0 Å². The molecule has 0 saturated heterocycles. The molecule has 0 heterocycles. The standard InChI is InChI=1S/C18H29NO/c1-13(2)20-16-7-5-6-14(10-16)17-11-18(3,4)9-8-15(17)12-19/h5-7,10,13,15,17H,8-9,11-12,19H2,1-4H3. The van der Waals surface area contributed by atoms with Gasteiger partial charge in [-0.15, -0.1) is 0 Å². The lowest BCUT2D eigenvalue weighted by molar-refractivity contribution is 0.165. The normalized spacial score (nSPS) is 25.7. The summed E-state index contributed by atoms with van der Waals surface area (Å²) in [6.45, 7) is 9.68. The smallest absolute Gasteiger partial charge is 0.119 e. The van der Waals surface area contributed by atoms with Gasteiger partial charge in [0.25, 0.3) is 0 Å². The van der Waals surface area contributed by atoms with Crippen molar-refractivity contribution >= 4 is 0 Å². The van der Waals surface area contributed by atoms with Gasteiger partial charge in [0.15, 0.2) is 0 Å². The van der Waals surface area contributed by atoms with Crippen LogP contribution in [0.25, 0.3) is 0 Å². The maximum atomic E-state index is 6.01. The van der Waals surface area contributed by atoms with Crippen LogP contribution >= 0.6 is 0 Å². The van der Waals surface area contributed by atoms with Gasteiger partial charge >= 0.3 is 0 Å². The number of nitrogens with two attached hydrogens (primary N) is 1. The summed E-state index contributed by atoms with van der Waals surface area (Å²) in [5, 5.41) is 0. The van der Waals surface area contributed by atoms with Crippen LogP contribution in [0.5, 0.6) is 5.75 Å². The van der Waals surface area contributed by atoms with Crippen LogP contribution in [-0.4, -0.2) is 12.6 Å². The van der Waals surface area contributed by atoms with E-state index in [9.17, 15) is 0 Å². The molecule has 2 rings (SSSR count). The second-order valence-electron chi connectivity index (χ2n) is 7.25. The lowest BCUT2D eigenvalue weighted by Gasteiger charge is -2.41. The highest BCUT2D eigenvalue weighted by molar-refractivity contribution is 5.32. The largest absolute Gasteiger partial charge is 0.491 e. The Labute approximate surface area is 123 Å². The van der Waals surface area contributed by atoms with Crippen molar-refractivity contribution in [3.05, 3.63) is 29.8 Å². The molecule has 20 heavy (non-hydrogen) atoms. The zero-order valence-corrected chi connectivity index (χ0v) is 13.4. The first-order chi connectivity index (χ1) is 9.41. The minimum absolute atomic E-state index is 0.221. The van der Waals surface area contributed by atoms with Crippen molar-refractivity contribution in [3.63, 3.8) is 0 Å². The topological polar surface area (TPSA) is 35.2 Å². The average molecular weight is 275 g/mol. The van der Waals surface area contributed by atoms with Crippen LogP contribution in [-0.2, 0) is 0 Å². The van der Waals surface area contributed by atoms with Gasteiger partial charge < -0.3 is 10.5 Å². The fourth-order valence-corrected chi connectivity index (χ4v) is 3.40. The van der Waals surface area contributed by atoms with Gasteiger partial charge in [-0.25, -0.2) is 0 Å². The van der Waals surface area contributed by atoms with Crippen LogP contribution in [0.15, 0.2) is 24.3 Å². The van der Waals surface area contributed by atoms with E-state index in [1.165, 1.54) is 24.8 Å². The summed E-state index contributed by atoms with van der Waals surface area (Å²) in [4.78, 5) is 0. The minimum atomic E-state index is 0.221. The first-order valence-electron chi connectivity index (χ1n) is 7.88. The van der Waals surface area contributed by atoms with Gasteiger partial charge in [0.2, 0.25) is 0 Å². The summed E-state index contributed by atoms with van der Waals surface area (Å²) in [7, 11) is 0. The SMILES string of the molecule is CC(C)Oc1cccc(C2CC(C)(C)CCC2CN)c1. The number of hydrogen-bond acceptors (Lipinski definition) is 2. The Hall–Kier alpha value is -1.02. The molecule has 2 nitrogen and oxygen atoms in total. The molecule has 1 aromatic carbocycles. The third-order valence-corrected chi connectivity index (χ3v) is 4.49. The van der Waals surface area contributed by atoms with E-state index < -0.39 is 0 Å². The van der Waals surface area contributed by atoms with Crippen LogP contribution in [0.1, 0.15) is 58.4 Å². The van der Waals surface area contributed by atoms with Gasteiger partial charge in [-0.3, -0.25) is 0 Å². The Kier molecular flexibility index (Phi) is 4.74. The van der Waals surface area contributed by atoms with Crippen molar-refractivity contribution in [1.29, 1.82) is 0 Å². The summed E-state index contributed by atoms with van der Waals surface area (Å²) in [6, 6.07) is 8.62. The molecular weight excluding hydrogens is 246 g/mol. The summed E-state index contributed by atoms with van der Waals surface area (Å²) in [5.74, 6) is 2.16. The van der Waals surface area contributed by atoms with Gasteiger partial charge in [-0.05, 0) is 74.6 Å². The highest BCUT2D eigenvalue weighted by Crippen LogP contribution is 2.46. The molecule has 0 amide bonds. The van der Waals surface area contributed by atoms with E-state index in [2.05, 4.69) is 52.0 Å². The van der Waals surface area contributed by atoms with E-state index in [4.69, 9.17) is 10.5 Å². The molecule has 2 heteroatoms. The second-order valence-corrected chi connectivity index (χ2v) is 7.25. The predicted molar refractivity (Wildman–Crippen MR) is 85.1 cm³/mol. The molecule has 1 aliphatic rings. The molecule has 0 aromatic heterocycles. The van der Waals surface area contributed by atoms with Gasteiger partial charge in [0.05, 0.1) is 6.10 Å². The Bertz CT molecular complexity index is 439. The van der Waals surface area contributed by atoms with Crippen molar-refractivity contribution in [2.45, 2.75) is 59.0 Å². The molecule has 2 atom stereocenters. The van der Waals surface area contributed by atoms with Crippen molar-refractivity contribution in [3.8, 4) is 5.75 Å². The first kappa shape index (κ1) is 15.4. The van der Waals surface area contributed by atoms with E-state index in [1.54, 1.807) is 0 Å². The first-order valence-corrected chi connectivity index (χ1v) is 7.88. The number of benzene rings is 1. The van der Waals surface area contributed by atoms with Gasteiger partial charge in [-0.1, -0.05) is 26.0 Å². The van der Waals surface area contributed by atoms with Crippen LogP contribution in [0.3, 0.4) is 0 Å². The second kappa shape index (κ2) is 6.17. The molecule has 0 spiro atoms. The molecule has 0 bridgehead atoms. The molecule has 112 valence electrons. The van der Waals surface area contributed by atoms with Gasteiger partial charge in [-0.2, -0.15) is 0 Å². The predicted octanol–water partition coefficient (Wildman–Crippen LogP) is 4.34. The Balaban J connectivity index is 2.23. The molecule has 0 radical (unpaired) electrons. The van der Waals surface area contributed by atoms with E-state index in [-0.39, 0.29) is 6.10 Å². The van der Waals surface area contributed by atoms with E-state index >= 15 is 0 Å². The summed E-state index contributed by atoms with van der Waals surface area (Å²) < 4.78 is 5.84. The fraction of sp³-hybridized carbons (Fsp3) is 0.667. The van der Waals surface area contributed by atoms with Crippen molar-refractivity contribution in [2.24, 2.45) is 17.1 Å². The monoisotopic (exact) mass is 275 g/mol. The third-order valence-electron chi connectivity index (χ3n) is 4.49. The maximum Gasteiger partial charge on any atom is 0.119 e. The number of rotatable bonds is 4. The number of hydrogen-bond donors (Lipinski definition) is 1. The van der Waals surface area contributed by atoms with E-state index in [0.717, 1.165) is 12.3 Å². The van der Waals surface area contributed by atoms with E-state index in [1.807, 2.05) is 0 Å². The minimum Gasteiger partial charge on any atom is -0.491 e. The molecule has 1 aromatic rings. The summed E-state index contributed by atoms with van der Waals surface area (Å²) in [6.07, 6.45) is 3.97. The molecule has 2 unspecified atom stereocenters. The molecule has 2 N–H and O–H groups in total. The van der Waals surface area contributed by atoms with Crippen LogP contribution in [0.4, 0.5) is 0 Å². The fourth-order valence-electron chi connectivity index (χ4n) is 3.40. The van der Waals surface area contributed by atoms with Crippen LogP contribution < -0.4 is 10.5 Å². The lowest BCUT2D eigenvalue weighted by Crippen LogP contribution is -2.32. The molecule has 1 aliphatic carbocycles. The van der Waals surface area contributed by atoms with Crippen molar-refractivity contribution in [2.75, 3.05) is 6.54 Å². The Morgan fingerprint density at radius 2 is 2.10 bits per heavy atom.